The van der Waals surface area contributed by atoms with Crippen molar-refractivity contribution in [3.8, 4) is 11.5 Å². The predicted octanol–water partition coefficient (Wildman–Crippen LogP) is 4.56. The molecule has 1 aliphatic heterocycles. The van der Waals surface area contributed by atoms with Crippen molar-refractivity contribution in [3.63, 3.8) is 0 Å². The van der Waals surface area contributed by atoms with Crippen LogP contribution in [-0.4, -0.2) is 54.9 Å². The van der Waals surface area contributed by atoms with E-state index in [0.717, 1.165) is 36.3 Å². The van der Waals surface area contributed by atoms with Gasteiger partial charge in [0.25, 0.3) is 11.5 Å². The molecule has 190 valence electrons. The standard InChI is InChI=1S/C26H34ClN3O4S/c1-14-10-22(35-5)19(26(32)29-14)12-28-25(31)18-11-20(27)24-23(15(18)2)34-21(13-33-24)16-6-8-17(9-7-16)30(3)4/h10-11,16-17,21H,6-9,12-13H2,1-5H3,(H,28,31)(H,29,32)/t16?,17?,21-/m0/s1. The lowest BCUT2D eigenvalue weighted by molar-refractivity contribution is 0.0239. The lowest BCUT2D eigenvalue weighted by Gasteiger charge is -2.38. The Kier molecular flexibility index (Phi) is 8.03. The van der Waals surface area contributed by atoms with Crippen molar-refractivity contribution >= 4 is 29.3 Å². The maximum Gasteiger partial charge on any atom is 0.254 e. The molecule has 7 nitrogen and oxygen atoms in total. The molecule has 0 spiro atoms. The number of aromatic amines is 1. The van der Waals surface area contributed by atoms with Crippen molar-refractivity contribution in [2.75, 3.05) is 27.0 Å². The topological polar surface area (TPSA) is 83.7 Å². The fraction of sp³-hybridized carbons (Fsp3) is 0.538. The predicted molar refractivity (Wildman–Crippen MR) is 140 cm³/mol. The van der Waals surface area contributed by atoms with Gasteiger partial charge in [-0.15, -0.1) is 11.8 Å². The Balaban J connectivity index is 1.51. The summed E-state index contributed by atoms with van der Waals surface area (Å²) in [6.07, 6.45) is 6.30. The van der Waals surface area contributed by atoms with Crippen molar-refractivity contribution in [1.29, 1.82) is 0 Å². The fourth-order valence-electron chi connectivity index (χ4n) is 5.09. The number of aryl methyl sites for hydroxylation is 1. The van der Waals surface area contributed by atoms with E-state index in [1.54, 1.807) is 6.07 Å². The fourth-order valence-corrected chi connectivity index (χ4v) is 6.04. The first-order valence-electron chi connectivity index (χ1n) is 12.0. The molecule has 1 atom stereocenters. The van der Waals surface area contributed by atoms with Crippen LogP contribution in [0, 0.1) is 19.8 Å². The first-order valence-corrected chi connectivity index (χ1v) is 13.6. The summed E-state index contributed by atoms with van der Waals surface area (Å²) in [6.45, 7) is 4.27. The molecule has 2 heterocycles. The van der Waals surface area contributed by atoms with Crippen LogP contribution in [0.25, 0.3) is 0 Å². The largest absolute Gasteiger partial charge is 0.484 e. The molecular formula is C26H34ClN3O4S. The highest BCUT2D eigenvalue weighted by Gasteiger charge is 2.35. The van der Waals surface area contributed by atoms with E-state index in [4.69, 9.17) is 21.1 Å². The molecule has 0 unspecified atom stereocenters. The van der Waals surface area contributed by atoms with Crippen molar-refractivity contribution in [1.82, 2.24) is 15.2 Å². The zero-order valence-corrected chi connectivity index (χ0v) is 22.6. The number of nitrogens with one attached hydrogen (secondary N) is 2. The third-order valence-corrected chi connectivity index (χ3v) is 8.30. The lowest BCUT2D eigenvalue weighted by atomic mass is 9.82. The van der Waals surface area contributed by atoms with Crippen LogP contribution in [-0.2, 0) is 6.54 Å². The summed E-state index contributed by atoms with van der Waals surface area (Å²) in [4.78, 5) is 31.5. The number of ether oxygens (including phenoxy) is 2. The second-order valence-electron chi connectivity index (χ2n) is 9.70. The molecular weight excluding hydrogens is 486 g/mol. The van der Waals surface area contributed by atoms with Gasteiger partial charge in [-0.3, -0.25) is 9.59 Å². The molecule has 0 radical (unpaired) electrons. The third kappa shape index (κ3) is 5.49. The van der Waals surface area contributed by atoms with E-state index in [-0.39, 0.29) is 24.1 Å². The third-order valence-electron chi connectivity index (χ3n) is 7.22. The number of rotatable bonds is 6. The second-order valence-corrected chi connectivity index (χ2v) is 11.0. The van der Waals surface area contributed by atoms with Crippen molar-refractivity contribution < 1.29 is 14.3 Å². The summed E-state index contributed by atoms with van der Waals surface area (Å²) in [6, 6.07) is 4.14. The summed E-state index contributed by atoms with van der Waals surface area (Å²) in [7, 11) is 4.27. The number of pyridine rings is 1. The molecule has 2 N–H and O–H groups in total. The highest BCUT2D eigenvalue weighted by Crippen LogP contribution is 2.45. The molecule has 1 amide bonds. The van der Waals surface area contributed by atoms with Crippen LogP contribution in [0.3, 0.4) is 0 Å². The number of fused-ring (bicyclic) bond motifs is 1. The van der Waals surface area contributed by atoms with E-state index in [0.29, 0.717) is 51.8 Å². The van der Waals surface area contributed by atoms with Crippen molar-refractivity contribution in [3.05, 3.63) is 49.9 Å². The van der Waals surface area contributed by atoms with Gasteiger partial charge in [0.05, 0.1) is 5.02 Å². The molecule has 1 fully saturated rings. The second kappa shape index (κ2) is 10.8. The van der Waals surface area contributed by atoms with E-state index in [1.807, 2.05) is 26.2 Å². The van der Waals surface area contributed by atoms with Gasteiger partial charge in [0.15, 0.2) is 11.5 Å². The highest BCUT2D eigenvalue weighted by atomic mass is 35.5. The van der Waals surface area contributed by atoms with E-state index in [2.05, 4.69) is 29.3 Å². The van der Waals surface area contributed by atoms with Gasteiger partial charge in [-0.1, -0.05) is 11.6 Å². The summed E-state index contributed by atoms with van der Waals surface area (Å²) < 4.78 is 12.5. The van der Waals surface area contributed by atoms with Crippen LogP contribution >= 0.6 is 23.4 Å². The average molecular weight is 520 g/mol. The quantitative estimate of drug-likeness (QED) is 0.544. The van der Waals surface area contributed by atoms with Crippen LogP contribution in [0.4, 0.5) is 0 Å². The van der Waals surface area contributed by atoms with Crippen LogP contribution in [0.1, 0.15) is 52.9 Å². The molecule has 0 saturated heterocycles. The Morgan fingerprint density at radius 1 is 1.20 bits per heavy atom. The van der Waals surface area contributed by atoms with Crippen molar-refractivity contribution in [2.24, 2.45) is 5.92 Å². The van der Waals surface area contributed by atoms with Gasteiger partial charge in [-0.25, -0.2) is 0 Å². The number of hydrogen-bond acceptors (Lipinski definition) is 6. The minimum absolute atomic E-state index is 0.0612. The zero-order chi connectivity index (χ0) is 25.3. The van der Waals surface area contributed by atoms with Gasteiger partial charge in [0, 0.05) is 39.9 Å². The normalized spacial score (nSPS) is 21.7. The number of H-pyrrole nitrogens is 1. The summed E-state index contributed by atoms with van der Waals surface area (Å²) >= 11 is 7.99. The molecule has 9 heteroatoms. The van der Waals surface area contributed by atoms with E-state index in [9.17, 15) is 9.59 Å². The molecule has 2 aromatic rings. The SMILES string of the molecule is CSc1cc(C)[nH]c(=O)c1CNC(=O)c1cc(Cl)c2c(c1C)O[C@H](C1CCC(N(C)C)CC1)CO2. The smallest absolute Gasteiger partial charge is 0.254 e. The molecule has 2 aliphatic rings. The molecule has 1 aliphatic carbocycles. The molecule has 0 bridgehead atoms. The zero-order valence-electron chi connectivity index (χ0n) is 21.0. The number of benzene rings is 1. The maximum atomic E-state index is 13.1. The molecule has 1 aromatic carbocycles. The first-order chi connectivity index (χ1) is 16.7. The number of thioether (sulfide) groups is 1. The van der Waals surface area contributed by atoms with Gasteiger partial charge in [0.1, 0.15) is 12.7 Å². The monoisotopic (exact) mass is 519 g/mol. The summed E-state index contributed by atoms with van der Waals surface area (Å²) in [5, 5.41) is 3.23. The molecule has 4 rings (SSSR count). The Morgan fingerprint density at radius 3 is 2.57 bits per heavy atom. The number of carbonyl (C=O) groups is 1. The number of aromatic nitrogens is 1. The first kappa shape index (κ1) is 25.9. The molecule has 1 saturated carbocycles. The molecule has 35 heavy (non-hydrogen) atoms. The minimum atomic E-state index is -0.309. The van der Waals surface area contributed by atoms with E-state index in [1.165, 1.54) is 11.8 Å². The lowest BCUT2D eigenvalue weighted by Crippen LogP contribution is -2.41. The number of hydrogen-bond donors (Lipinski definition) is 2. The van der Waals surface area contributed by atoms with Gasteiger partial charge >= 0.3 is 0 Å². The van der Waals surface area contributed by atoms with Crippen LogP contribution < -0.4 is 20.3 Å². The van der Waals surface area contributed by atoms with E-state index >= 15 is 0 Å². The maximum absolute atomic E-state index is 13.1. The van der Waals surface area contributed by atoms with Crippen LogP contribution in [0.15, 0.2) is 21.8 Å². The highest BCUT2D eigenvalue weighted by molar-refractivity contribution is 7.98. The number of halogens is 1. The number of amides is 1. The Hall–Kier alpha value is -2.16. The van der Waals surface area contributed by atoms with Gasteiger partial charge in [-0.05, 0) is 77.9 Å². The van der Waals surface area contributed by atoms with Gasteiger partial charge < -0.3 is 24.7 Å². The van der Waals surface area contributed by atoms with Gasteiger partial charge in [0.2, 0.25) is 0 Å². The van der Waals surface area contributed by atoms with Crippen LogP contribution in [0.2, 0.25) is 5.02 Å². The average Bonchev–Trinajstić information content (AvgIpc) is 2.84. The molecule has 1 aromatic heterocycles. The Bertz CT molecular complexity index is 1160. The Labute approximate surface area is 215 Å². The number of nitrogens with zero attached hydrogens (tertiary/aromatic N) is 1. The summed E-state index contributed by atoms with van der Waals surface area (Å²) in [5.74, 6) is 1.15. The van der Waals surface area contributed by atoms with E-state index < -0.39 is 0 Å². The summed E-state index contributed by atoms with van der Waals surface area (Å²) in [5.41, 5.74) is 2.23. The Morgan fingerprint density at radius 2 is 1.91 bits per heavy atom. The van der Waals surface area contributed by atoms with Gasteiger partial charge in [-0.2, -0.15) is 0 Å². The number of carbonyl (C=O) groups excluding carboxylic acids is 1. The minimum Gasteiger partial charge on any atom is -0.484 e. The van der Waals surface area contributed by atoms with Crippen LogP contribution in [0.5, 0.6) is 11.5 Å². The van der Waals surface area contributed by atoms with Crippen molar-refractivity contribution in [2.45, 2.75) is 63.1 Å².